The van der Waals surface area contributed by atoms with Gasteiger partial charge < -0.3 is 9.30 Å². The van der Waals surface area contributed by atoms with Crippen molar-refractivity contribution in [3.8, 4) is 16.9 Å². The van der Waals surface area contributed by atoms with Gasteiger partial charge in [-0.05, 0) is 71.3 Å². The van der Waals surface area contributed by atoms with Crippen molar-refractivity contribution in [2.75, 3.05) is 19.7 Å². The zero-order valence-electron chi connectivity index (χ0n) is 16.3. The highest BCUT2D eigenvalue weighted by Crippen LogP contribution is 2.37. The molecule has 0 unspecified atom stereocenters. The molecule has 1 saturated heterocycles. The van der Waals surface area contributed by atoms with Gasteiger partial charge in [0.05, 0.1) is 0 Å². The molecule has 1 aliphatic carbocycles. The highest BCUT2D eigenvalue weighted by molar-refractivity contribution is 5.88. The molecular formula is C24H26N2O2. The Balaban J connectivity index is 1.28. The molecule has 144 valence electrons. The highest BCUT2D eigenvalue weighted by Gasteiger charge is 2.37. The van der Waals surface area contributed by atoms with Gasteiger partial charge in [0.2, 0.25) is 5.56 Å². The van der Waals surface area contributed by atoms with E-state index in [2.05, 4.69) is 41.3 Å². The Morgan fingerprint density at radius 3 is 2.61 bits per heavy atom. The van der Waals surface area contributed by atoms with Crippen molar-refractivity contribution in [3.05, 3.63) is 65.1 Å². The molecule has 0 amide bonds. The maximum Gasteiger partial charge on any atom is 0.250 e. The Morgan fingerprint density at radius 2 is 1.82 bits per heavy atom. The van der Waals surface area contributed by atoms with Crippen molar-refractivity contribution in [2.24, 2.45) is 13.0 Å². The van der Waals surface area contributed by atoms with E-state index in [1.54, 1.807) is 17.7 Å². The van der Waals surface area contributed by atoms with E-state index in [1.807, 2.05) is 12.3 Å². The van der Waals surface area contributed by atoms with Crippen LogP contribution in [-0.4, -0.2) is 35.2 Å². The minimum Gasteiger partial charge on any atom is -0.492 e. The normalized spacial score (nSPS) is 21.5. The zero-order valence-corrected chi connectivity index (χ0v) is 16.3. The van der Waals surface area contributed by atoms with Crippen LogP contribution in [0.15, 0.2) is 59.5 Å². The number of aromatic nitrogens is 1. The van der Waals surface area contributed by atoms with Crippen LogP contribution in [0.1, 0.15) is 19.3 Å². The van der Waals surface area contributed by atoms with E-state index in [0.717, 1.165) is 42.0 Å². The average molecular weight is 374 g/mol. The van der Waals surface area contributed by atoms with E-state index in [1.165, 1.54) is 36.6 Å². The standard InChI is InChI=1S/C24H26N2O2/c1-25-16-21(6-9-24(25)27)19-3-4-20-14-23(8-5-18(20)13-19)28-11-10-26-15-17-2-7-22(26)12-17/h3-6,8-9,13-14,16-17,22H,2,7,10-12,15H2,1H3/t17-,22+/m0/s1. The lowest BCUT2D eigenvalue weighted by Gasteiger charge is -2.26. The van der Waals surface area contributed by atoms with Gasteiger partial charge in [-0.2, -0.15) is 0 Å². The largest absolute Gasteiger partial charge is 0.492 e. The number of hydrogen-bond acceptors (Lipinski definition) is 3. The summed E-state index contributed by atoms with van der Waals surface area (Å²) in [6, 6.07) is 17.0. The fraction of sp³-hybridized carbons (Fsp3) is 0.375. The Bertz CT molecular complexity index is 1070. The predicted molar refractivity (Wildman–Crippen MR) is 113 cm³/mol. The lowest BCUT2D eigenvalue weighted by molar-refractivity contribution is 0.172. The number of benzene rings is 2. The number of nitrogens with zero attached hydrogens (tertiary/aromatic N) is 2. The summed E-state index contributed by atoms with van der Waals surface area (Å²) < 4.78 is 7.66. The molecule has 2 heterocycles. The maximum atomic E-state index is 11.6. The molecule has 4 heteroatoms. The van der Waals surface area contributed by atoms with Crippen molar-refractivity contribution < 1.29 is 4.74 Å². The van der Waals surface area contributed by atoms with Crippen molar-refractivity contribution in [1.29, 1.82) is 0 Å². The molecule has 2 aromatic carbocycles. The molecule has 0 N–H and O–H groups in total. The molecule has 3 aromatic rings. The molecule has 1 aromatic heterocycles. The predicted octanol–water partition coefficient (Wildman–Crippen LogP) is 4.07. The van der Waals surface area contributed by atoms with Crippen LogP contribution in [0.5, 0.6) is 5.75 Å². The average Bonchev–Trinajstić information content (AvgIpc) is 3.33. The molecule has 0 radical (unpaired) electrons. The van der Waals surface area contributed by atoms with Gasteiger partial charge in [0.25, 0.3) is 0 Å². The summed E-state index contributed by atoms with van der Waals surface area (Å²) in [4.78, 5) is 14.2. The number of pyridine rings is 1. The number of hydrogen-bond donors (Lipinski definition) is 0. The molecule has 2 fully saturated rings. The molecule has 2 aliphatic rings. The van der Waals surface area contributed by atoms with Crippen LogP contribution in [0, 0.1) is 5.92 Å². The van der Waals surface area contributed by atoms with Gasteiger partial charge in [-0.1, -0.05) is 18.2 Å². The Hall–Kier alpha value is -2.59. The monoisotopic (exact) mass is 374 g/mol. The quantitative estimate of drug-likeness (QED) is 0.675. The van der Waals surface area contributed by atoms with E-state index in [-0.39, 0.29) is 5.56 Å². The second kappa shape index (κ2) is 7.10. The first-order chi connectivity index (χ1) is 13.7. The SMILES string of the molecule is Cn1cc(-c2ccc3cc(OCCN4C[C@H]5CC[C@@H]4C5)ccc3c2)ccc1=O. The van der Waals surface area contributed by atoms with Crippen molar-refractivity contribution in [2.45, 2.75) is 25.3 Å². The second-order valence-electron chi connectivity index (χ2n) is 8.27. The Labute approximate surface area is 165 Å². The van der Waals surface area contributed by atoms with Crippen molar-refractivity contribution in [3.63, 3.8) is 0 Å². The van der Waals surface area contributed by atoms with Gasteiger partial charge in [0.1, 0.15) is 12.4 Å². The first-order valence-corrected chi connectivity index (χ1v) is 10.2. The fourth-order valence-corrected chi connectivity index (χ4v) is 4.84. The van der Waals surface area contributed by atoms with Crippen molar-refractivity contribution in [1.82, 2.24) is 9.47 Å². The maximum absolute atomic E-state index is 11.6. The number of likely N-dealkylation sites (tertiary alicyclic amines) is 1. The molecule has 2 atom stereocenters. The lowest BCUT2D eigenvalue weighted by Crippen LogP contribution is -2.35. The van der Waals surface area contributed by atoms with Crippen LogP contribution in [0.2, 0.25) is 0 Å². The van der Waals surface area contributed by atoms with E-state index in [4.69, 9.17) is 4.74 Å². The topological polar surface area (TPSA) is 34.5 Å². The van der Waals surface area contributed by atoms with Gasteiger partial charge in [-0.3, -0.25) is 9.69 Å². The molecular weight excluding hydrogens is 348 g/mol. The Morgan fingerprint density at radius 1 is 1.00 bits per heavy atom. The number of fused-ring (bicyclic) bond motifs is 3. The van der Waals surface area contributed by atoms with Crippen LogP contribution in [0.3, 0.4) is 0 Å². The van der Waals surface area contributed by atoms with Gasteiger partial charge in [-0.15, -0.1) is 0 Å². The van der Waals surface area contributed by atoms with Crippen LogP contribution in [-0.2, 0) is 7.05 Å². The summed E-state index contributed by atoms with van der Waals surface area (Å²) in [6.07, 6.45) is 6.08. The van der Waals surface area contributed by atoms with Gasteiger partial charge in [0.15, 0.2) is 0 Å². The van der Waals surface area contributed by atoms with Gasteiger partial charge in [0, 0.05) is 38.4 Å². The molecule has 0 spiro atoms. The molecule has 1 aliphatic heterocycles. The van der Waals surface area contributed by atoms with Crippen LogP contribution < -0.4 is 10.3 Å². The third kappa shape index (κ3) is 3.33. The smallest absolute Gasteiger partial charge is 0.250 e. The van der Waals surface area contributed by atoms with Crippen LogP contribution in [0.4, 0.5) is 0 Å². The second-order valence-corrected chi connectivity index (χ2v) is 8.27. The summed E-state index contributed by atoms with van der Waals surface area (Å²) in [7, 11) is 1.78. The fourth-order valence-electron chi connectivity index (χ4n) is 4.84. The first kappa shape index (κ1) is 17.5. The molecule has 2 bridgehead atoms. The molecule has 28 heavy (non-hydrogen) atoms. The zero-order chi connectivity index (χ0) is 19.1. The highest BCUT2D eigenvalue weighted by atomic mass is 16.5. The summed E-state index contributed by atoms with van der Waals surface area (Å²) in [6.45, 7) is 3.05. The third-order valence-corrected chi connectivity index (χ3v) is 6.40. The van der Waals surface area contributed by atoms with E-state index < -0.39 is 0 Å². The van der Waals surface area contributed by atoms with E-state index in [0.29, 0.717) is 0 Å². The van der Waals surface area contributed by atoms with Crippen molar-refractivity contribution >= 4 is 10.8 Å². The van der Waals surface area contributed by atoms with Crippen LogP contribution in [0.25, 0.3) is 21.9 Å². The summed E-state index contributed by atoms with van der Waals surface area (Å²) in [5, 5.41) is 2.35. The van der Waals surface area contributed by atoms with E-state index in [9.17, 15) is 4.79 Å². The van der Waals surface area contributed by atoms with Crippen LogP contribution >= 0.6 is 0 Å². The summed E-state index contributed by atoms with van der Waals surface area (Å²) in [5.74, 6) is 1.87. The molecule has 5 rings (SSSR count). The Kier molecular flexibility index (Phi) is 4.44. The number of piperidine rings is 1. The summed E-state index contributed by atoms with van der Waals surface area (Å²) >= 11 is 0. The number of rotatable bonds is 5. The summed E-state index contributed by atoms with van der Waals surface area (Å²) in [5.41, 5.74) is 2.16. The minimum atomic E-state index is 0.00749. The molecule has 4 nitrogen and oxygen atoms in total. The number of ether oxygens (including phenoxy) is 1. The van der Waals surface area contributed by atoms with Gasteiger partial charge >= 0.3 is 0 Å². The third-order valence-electron chi connectivity index (χ3n) is 6.40. The molecule has 1 saturated carbocycles. The van der Waals surface area contributed by atoms with Gasteiger partial charge in [-0.25, -0.2) is 0 Å². The minimum absolute atomic E-state index is 0.00749. The number of aryl methyl sites for hydroxylation is 1. The lowest BCUT2D eigenvalue weighted by atomic mass is 10.0. The first-order valence-electron chi connectivity index (χ1n) is 10.2. The van der Waals surface area contributed by atoms with E-state index >= 15 is 0 Å².